The highest BCUT2D eigenvalue weighted by Crippen LogP contribution is 2.09. The Bertz CT molecular complexity index is 246. The van der Waals surface area contributed by atoms with E-state index in [0.29, 0.717) is 12.8 Å². The van der Waals surface area contributed by atoms with E-state index < -0.39 is 18.0 Å². The monoisotopic (exact) mass is 201 g/mol. The second-order valence-corrected chi connectivity index (χ2v) is 2.72. The molecule has 0 saturated carbocycles. The van der Waals surface area contributed by atoms with Gasteiger partial charge in [-0.15, -0.1) is 0 Å². The van der Waals surface area contributed by atoms with Crippen LogP contribution in [0.15, 0.2) is 4.99 Å². The summed E-state index contributed by atoms with van der Waals surface area (Å²) in [5.41, 5.74) is 9.81. The average molecular weight is 201 g/mol. The molecule has 0 aliphatic rings. The lowest BCUT2D eigenvalue weighted by Gasteiger charge is -2.06. The SMILES string of the molecule is CCC(CC)C(=O)N=C(N)OC(N)=O. The van der Waals surface area contributed by atoms with Crippen molar-refractivity contribution in [3.05, 3.63) is 0 Å². The minimum absolute atomic E-state index is 0.190. The molecule has 0 aromatic rings. The summed E-state index contributed by atoms with van der Waals surface area (Å²) in [7, 11) is 0. The lowest BCUT2D eigenvalue weighted by Crippen LogP contribution is -2.27. The van der Waals surface area contributed by atoms with Crippen LogP contribution in [-0.4, -0.2) is 18.0 Å². The smallest absolute Gasteiger partial charge is 0.376 e. The average Bonchev–Trinajstić information content (AvgIpc) is 2.04. The normalized spacial score (nSPS) is 11.5. The summed E-state index contributed by atoms with van der Waals surface area (Å²) in [6, 6.07) is -0.505. The Kier molecular flexibility index (Phi) is 5.28. The van der Waals surface area contributed by atoms with E-state index in [9.17, 15) is 9.59 Å². The van der Waals surface area contributed by atoms with Crippen molar-refractivity contribution in [2.45, 2.75) is 26.7 Å². The van der Waals surface area contributed by atoms with Crippen LogP contribution < -0.4 is 11.5 Å². The van der Waals surface area contributed by atoms with Crippen LogP contribution in [0.3, 0.4) is 0 Å². The molecule has 0 rings (SSSR count). The molecular formula is C8H15N3O3. The Hall–Kier alpha value is -1.59. The fourth-order valence-corrected chi connectivity index (χ4v) is 0.964. The molecular weight excluding hydrogens is 186 g/mol. The molecule has 0 heterocycles. The Labute approximate surface area is 82.3 Å². The summed E-state index contributed by atoms with van der Waals surface area (Å²) in [5.74, 6) is -0.584. The first-order valence-electron chi connectivity index (χ1n) is 4.36. The number of amides is 2. The third-order valence-electron chi connectivity index (χ3n) is 1.76. The third-order valence-corrected chi connectivity index (χ3v) is 1.76. The first-order chi connectivity index (χ1) is 6.51. The van der Waals surface area contributed by atoms with Crippen molar-refractivity contribution in [3.63, 3.8) is 0 Å². The molecule has 0 bridgehead atoms. The van der Waals surface area contributed by atoms with Gasteiger partial charge in [-0.05, 0) is 12.8 Å². The van der Waals surface area contributed by atoms with Crippen LogP contribution in [-0.2, 0) is 9.53 Å². The zero-order valence-electron chi connectivity index (χ0n) is 8.32. The number of primary amides is 1. The van der Waals surface area contributed by atoms with E-state index in [0.717, 1.165) is 0 Å². The fraction of sp³-hybridized carbons (Fsp3) is 0.625. The van der Waals surface area contributed by atoms with Gasteiger partial charge in [0, 0.05) is 5.92 Å². The third kappa shape index (κ3) is 4.44. The first-order valence-corrected chi connectivity index (χ1v) is 4.36. The van der Waals surface area contributed by atoms with Crippen LogP contribution in [0.4, 0.5) is 4.79 Å². The number of rotatable bonds is 3. The molecule has 0 aliphatic carbocycles. The summed E-state index contributed by atoms with van der Waals surface area (Å²) in [4.78, 5) is 24.9. The van der Waals surface area contributed by atoms with Gasteiger partial charge < -0.3 is 16.2 Å². The molecule has 0 saturated heterocycles. The topological polar surface area (TPSA) is 108 Å². The van der Waals surface area contributed by atoms with Crippen LogP contribution in [0, 0.1) is 5.92 Å². The zero-order chi connectivity index (χ0) is 11.1. The number of nitrogens with two attached hydrogens (primary N) is 2. The van der Waals surface area contributed by atoms with Gasteiger partial charge in [0.05, 0.1) is 0 Å². The number of ether oxygens (including phenoxy) is 1. The van der Waals surface area contributed by atoms with Crippen molar-refractivity contribution < 1.29 is 14.3 Å². The molecule has 0 fully saturated rings. The highest BCUT2D eigenvalue weighted by Gasteiger charge is 2.14. The predicted octanol–water partition coefficient (Wildman–Crippen LogP) is 0.359. The Morgan fingerprint density at radius 3 is 2.14 bits per heavy atom. The summed E-state index contributed by atoms with van der Waals surface area (Å²) in [6.45, 7) is 3.74. The molecule has 0 aromatic heterocycles. The quantitative estimate of drug-likeness (QED) is 0.507. The maximum atomic E-state index is 11.3. The van der Waals surface area contributed by atoms with Crippen LogP contribution in [0.25, 0.3) is 0 Å². The number of aliphatic imine (C=N–C) groups is 1. The minimum Gasteiger partial charge on any atom is -0.376 e. The summed E-state index contributed by atoms with van der Waals surface area (Å²) >= 11 is 0. The number of amidine groups is 1. The number of carbonyl (C=O) groups is 2. The van der Waals surface area contributed by atoms with Crippen molar-refractivity contribution in [3.8, 4) is 0 Å². The van der Waals surface area contributed by atoms with Crippen molar-refractivity contribution in [2.24, 2.45) is 22.4 Å². The van der Waals surface area contributed by atoms with Crippen molar-refractivity contribution in [1.29, 1.82) is 0 Å². The molecule has 0 aliphatic heterocycles. The molecule has 0 atom stereocenters. The Balaban J connectivity index is 4.33. The van der Waals surface area contributed by atoms with Crippen LogP contribution in [0.5, 0.6) is 0 Å². The molecule has 6 heteroatoms. The van der Waals surface area contributed by atoms with Crippen LogP contribution >= 0.6 is 0 Å². The van der Waals surface area contributed by atoms with E-state index in [1.165, 1.54) is 0 Å². The number of carbonyl (C=O) groups excluding carboxylic acids is 2. The summed E-state index contributed by atoms with van der Waals surface area (Å²) < 4.78 is 4.21. The van der Waals surface area contributed by atoms with E-state index in [1.807, 2.05) is 13.8 Å². The lowest BCUT2D eigenvalue weighted by atomic mass is 10.0. The molecule has 80 valence electrons. The van der Waals surface area contributed by atoms with Crippen molar-refractivity contribution in [1.82, 2.24) is 0 Å². The van der Waals surface area contributed by atoms with Crippen LogP contribution in [0.1, 0.15) is 26.7 Å². The van der Waals surface area contributed by atoms with Gasteiger partial charge in [-0.3, -0.25) is 4.79 Å². The van der Waals surface area contributed by atoms with E-state index in [4.69, 9.17) is 5.73 Å². The Morgan fingerprint density at radius 2 is 1.79 bits per heavy atom. The van der Waals surface area contributed by atoms with Crippen molar-refractivity contribution >= 4 is 18.0 Å². The molecule has 14 heavy (non-hydrogen) atoms. The molecule has 2 amide bonds. The van der Waals surface area contributed by atoms with Gasteiger partial charge in [-0.25, -0.2) is 4.79 Å². The summed E-state index contributed by atoms with van der Waals surface area (Å²) in [5, 5.41) is 0. The van der Waals surface area contributed by atoms with E-state index in [1.54, 1.807) is 0 Å². The standard InChI is InChI=1S/C8H15N3O3/c1-3-5(4-2)6(12)11-7(9)14-8(10)13/h5H,3-4H2,1-2H3,(H2,10,13)(H2,9,11,12). The van der Waals surface area contributed by atoms with Gasteiger partial charge in [0.25, 0.3) is 11.9 Å². The number of hydrogen-bond acceptors (Lipinski definition) is 3. The fourth-order valence-electron chi connectivity index (χ4n) is 0.964. The molecule has 0 radical (unpaired) electrons. The largest absolute Gasteiger partial charge is 0.412 e. The number of nitrogens with zero attached hydrogens (tertiary/aromatic N) is 1. The second kappa shape index (κ2) is 5.95. The predicted molar refractivity (Wildman–Crippen MR) is 51.4 cm³/mol. The van der Waals surface area contributed by atoms with Crippen LogP contribution in [0.2, 0.25) is 0 Å². The molecule has 0 unspecified atom stereocenters. The molecule has 4 N–H and O–H groups in total. The molecule has 0 aromatic carbocycles. The maximum absolute atomic E-state index is 11.3. The Morgan fingerprint density at radius 1 is 1.29 bits per heavy atom. The van der Waals surface area contributed by atoms with Gasteiger partial charge in [-0.1, -0.05) is 13.8 Å². The highest BCUT2D eigenvalue weighted by molar-refractivity contribution is 5.94. The van der Waals surface area contributed by atoms with Gasteiger partial charge in [0.1, 0.15) is 0 Å². The molecule has 0 spiro atoms. The first kappa shape index (κ1) is 12.4. The van der Waals surface area contributed by atoms with Crippen molar-refractivity contribution in [2.75, 3.05) is 0 Å². The maximum Gasteiger partial charge on any atom is 0.412 e. The minimum atomic E-state index is -1.08. The second-order valence-electron chi connectivity index (χ2n) is 2.72. The summed E-state index contributed by atoms with van der Waals surface area (Å²) in [6.07, 6.45) is 0.259. The molecule has 6 nitrogen and oxygen atoms in total. The van der Waals surface area contributed by atoms with Gasteiger partial charge in [0.15, 0.2) is 0 Å². The van der Waals surface area contributed by atoms with Gasteiger partial charge in [0.2, 0.25) is 0 Å². The highest BCUT2D eigenvalue weighted by atomic mass is 16.6. The van der Waals surface area contributed by atoms with E-state index in [2.05, 4.69) is 15.5 Å². The lowest BCUT2D eigenvalue weighted by molar-refractivity contribution is -0.121. The zero-order valence-corrected chi connectivity index (χ0v) is 8.32. The van der Waals surface area contributed by atoms with Gasteiger partial charge >= 0.3 is 6.09 Å². The van der Waals surface area contributed by atoms with Gasteiger partial charge in [-0.2, -0.15) is 4.99 Å². The van der Waals surface area contributed by atoms with E-state index >= 15 is 0 Å². The van der Waals surface area contributed by atoms with E-state index in [-0.39, 0.29) is 5.92 Å². The number of hydrogen-bond donors (Lipinski definition) is 2.